The SMILES string of the molecule is Cc1ccc(C(C=NCC(=O)N[C@@H](C)C(C)/C=C(\O[C@H](C)C(O)CO)C(=O)O)=NN)cc1. The van der Waals surface area contributed by atoms with Crippen molar-refractivity contribution in [2.24, 2.45) is 21.9 Å². The van der Waals surface area contributed by atoms with E-state index in [0.29, 0.717) is 5.71 Å². The van der Waals surface area contributed by atoms with Crippen LogP contribution in [-0.4, -0.2) is 70.5 Å². The Balaban J connectivity index is 2.69. The number of carbonyl (C=O) groups excluding carboxylic acids is 1. The molecule has 1 aromatic rings. The maximum atomic E-state index is 12.2. The van der Waals surface area contributed by atoms with E-state index in [4.69, 9.17) is 15.7 Å². The number of aliphatic hydroxyl groups is 2. The number of nitrogens with zero attached hydrogens (tertiary/aromatic N) is 2. The Bertz CT molecular complexity index is 850. The van der Waals surface area contributed by atoms with Gasteiger partial charge in [0.25, 0.3) is 0 Å². The number of hydrazone groups is 1. The van der Waals surface area contributed by atoms with E-state index in [1.165, 1.54) is 19.2 Å². The molecule has 0 spiro atoms. The van der Waals surface area contributed by atoms with Gasteiger partial charge < -0.3 is 31.2 Å². The van der Waals surface area contributed by atoms with Gasteiger partial charge in [-0.05, 0) is 32.8 Å². The lowest BCUT2D eigenvalue weighted by Gasteiger charge is -2.22. The average molecular weight is 449 g/mol. The molecule has 10 heteroatoms. The molecule has 6 N–H and O–H groups in total. The molecule has 0 saturated heterocycles. The highest BCUT2D eigenvalue weighted by Gasteiger charge is 2.22. The predicted octanol–water partition coefficient (Wildman–Crippen LogP) is 0.596. The van der Waals surface area contributed by atoms with Gasteiger partial charge in [-0.2, -0.15) is 5.10 Å². The van der Waals surface area contributed by atoms with Crippen molar-refractivity contribution in [1.29, 1.82) is 0 Å². The van der Waals surface area contributed by atoms with Crippen molar-refractivity contribution in [2.45, 2.75) is 45.9 Å². The Morgan fingerprint density at radius 3 is 2.38 bits per heavy atom. The molecule has 1 amide bonds. The molecule has 1 rings (SSSR count). The summed E-state index contributed by atoms with van der Waals surface area (Å²) < 4.78 is 5.23. The number of aliphatic hydroxyl groups excluding tert-OH is 2. The average Bonchev–Trinajstić information content (AvgIpc) is 2.76. The third kappa shape index (κ3) is 8.86. The van der Waals surface area contributed by atoms with Gasteiger partial charge in [0.05, 0.1) is 6.61 Å². The summed E-state index contributed by atoms with van der Waals surface area (Å²) in [5.41, 5.74) is 2.30. The summed E-state index contributed by atoms with van der Waals surface area (Å²) in [6, 6.07) is 7.11. The zero-order valence-electron chi connectivity index (χ0n) is 18.7. The van der Waals surface area contributed by atoms with Crippen molar-refractivity contribution in [2.75, 3.05) is 13.2 Å². The fraction of sp³-hybridized carbons (Fsp3) is 0.455. The van der Waals surface area contributed by atoms with E-state index in [2.05, 4.69) is 15.4 Å². The van der Waals surface area contributed by atoms with Gasteiger partial charge in [0, 0.05) is 17.8 Å². The van der Waals surface area contributed by atoms with Crippen LogP contribution in [0.5, 0.6) is 0 Å². The molecule has 0 heterocycles. The zero-order chi connectivity index (χ0) is 24.3. The largest absolute Gasteiger partial charge is 0.481 e. The Hall–Kier alpha value is -3.24. The minimum Gasteiger partial charge on any atom is -0.481 e. The number of amides is 1. The predicted molar refractivity (Wildman–Crippen MR) is 121 cm³/mol. The molecule has 0 fully saturated rings. The lowest BCUT2D eigenvalue weighted by molar-refractivity contribution is -0.139. The van der Waals surface area contributed by atoms with E-state index in [-0.39, 0.29) is 18.2 Å². The number of aryl methyl sites for hydroxylation is 1. The number of aliphatic imine (C=N–C) groups is 1. The molecule has 0 aliphatic carbocycles. The van der Waals surface area contributed by atoms with E-state index in [1.807, 2.05) is 31.2 Å². The highest BCUT2D eigenvalue weighted by molar-refractivity contribution is 6.38. The van der Waals surface area contributed by atoms with E-state index >= 15 is 0 Å². The first-order chi connectivity index (χ1) is 15.1. The van der Waals surface area contributed by atoms with Crippen LogP contribution in [-0.2, 0) is 14.3 Å². The summed E-state index contributed by atoms with van der Waals surface area (Å²) in [5, 5.41) is 34.3. The molecule has 0 aliphatic heterocycles. The van der Waals surface area contributed by atoms with Gasteiger partial charge in [0.2, 0.25) is 11.7 Å². The molecule has 2 unspecified atom stereocenters. The van der Waals surface area contributed by atoms with Gasteiger partial charge in [-0.25, -0.2) is 4.79 Å². The molecule has 32 heavy (non-hydrogen) atoms. The molecular weight excluding hydrogens is 416 g/mol. The molecule has 0 bridgehead atoms. The summed E-state index contributed by atoms with van der Waals surface area (Å²) >= 11 is 0. The first-order valence-corrected chi connectivity index (χ1v) is 10.1. The first kappa shape index (κ1) is 26.8. The second-order valence-corrected chi connectivity index (χ2v) is 7.47. The number of benzene rings is 1. The molecule has 0 aliphatic rings. The second kappa shape index (κ2) is 13.2. The molecule has 176 valence electrons. The highest BCUT2D eigenvalue weighted by atomic mass is 16.5. The van der Waals surface area contributed by atoms with E-state index in [1.54, 1.807) is 13.8 Å². The monoisotopic (exact) mass is 448 g/mol. The molecular formula is C22H32N4O6. The van der Waals surface area contributed by atoms with Gasteiger partial charge >= 0.3 is 5.97 Å². The van der Waals surface area contributed by atoms with Crippen LogP contribution in [0.2, 0.25) is 0 Å². The van der Waals surface area contributed by atoms with Crippen molar-refractivity contribution in [3.05, 3.63) is 47.2 Å². The van der Waals surface area contributed by atoms with Gasteiger partial charge in [-0.3, -0.25) is 9.79 Å². The summed E-state index contributed by atoms with van der Waals surface area (Å²) in [7, 11) is 0. The number of carboxylic acid groups (broad SMARTS) is 1. The Morgan fingerprint density at radius 1 is 1.22 bits per heavy atom. The van der Waals surface area contributed by atoms with Crippen LogP contribution in [0.4, 0.5) is 0 Å². The van der Waals surface area contributed by atoms with Crippen LogP contribution in [0.25, 0.3) is 0 Å². The Labute approximate surface area is 187 Å². The lowest BCUT2D eigenvalue weighted by atomic mass is 10.0. The number of rotatable bonds is 12. The van der Waals surface area contributed by atoms with Gasteiger partial charge in [0.1, 0.15) is 24.5 Å². The number of hydrogen-bond donors (Lipinski definition) is 5. The van der Waals surface area contributed by atoms with E-state index in [0.717, 1.165) is 11.1 Å². The van der Waals surface area contributed by atoms with Crippen LogP contribution in [0, 0.1) is 12.8 Å². The fourth-order valence-electron chi connectivity index (χ4n) is 2.52. The molecule has 1 aromatic carbocycles. The Kier molecular flexibility index (Phi) is 11.1. The number of ether oxygens (including phenoxy) is 1. The lowest BCUT2D eigenvalue weighted by Crippen LogP contribution is -2.38. The third-order valence-corrected chi connectivity index (χ3v) is 4.78. The minimum atomic E-state index is -1.32. The van der Waals surface area contributed by atoms with Crippen molar-refractivity contribution < 1.29 is 29.6 Å². The fourth-order valence-corrected chi connectivity index (χ4v) is 2.52. The summed E-state index contributed by atoms with van der Waals surface area (Å²) in [6.07, 6.45) is 0.626. The standard InChI is InChI=1S/C22H32N4O6/c1-13-5-7-17(8-6-13)18(26-23)10-24-11-21(29)25-15(3)14(2)9-20(22(30)31)32-16(4)19(28)12-27/h5-10,14-16,19,27-28H,11-12,23H2,1-4H3,(H,25,29)(H,30,31)/b20-9-,24-10?,26-18?/t14?,15-,16+,19?/m0/s1. The van der Waals surface area contributed by atoms with Crippen LogP contribution in [0.3, 0.4) is 0 Å². The summed E-state index contributed by atoms with van der Waals surface area (Å²) in [4.78, 5) is 27.7. The van der Waals surface area contributed by atoms with Crippen molar-refractivity contribution in [3.8, 4) is 0 Å². The number of nitrogens with one attached hydrogen (secondary N) is 1. The number of hydrogen-bond acceptors (Lipinski definition) is 8. The summed E-state index contributed by atoms with van der Waals surface area (Å²) in [6.45, 7) is 6.12. The van der Waals surface area contributed by atoms with Gasteiger partial charge in [-0.1, -0.05) is 36.8 Å². The first-order valence-electron chi connectivity index (χ1n) is 10.1. The third-order valence-electron chi connectivity index (χ3n) is 4.78. The number of carboxylic acids is 1. The van der Waals surface area contributed by atoms with Crippen LogP contribution in [0.15, 0.2) is 46.2 Å². The van der Waals surface area contributed by atoms with Gasteiger partial charge in [-0.15, -0.1) is 0 Å². The normalized spacial score (nSPS) is 16.3. The number of nitrogens with two attached hydrogens (primary N) is 1. The van der Waals surface area contributed by atoms with Crippen LogP contribution in [0.1, 0.15) is 31.9 Å². The molecule has 10 nitrogen and oxygen atoms in total. The number of carbonyl (C=O) groups is 2. The van der Waals surface area contributed by atoms with Crippen LogP contribution >= 0.6 is 0 Å². The smallest absolute Gasteiger partial charge is 0.370 e. The van der Waals surface area contributed by atoms with Gasteiger partial charge in [0.15, 0.2) is 0 Å². The second-order valence-electron chi connectivity index (χ2n) is 7.47. The van der Waals surface area contributed by atoms with Crippen LogP contribution < -0.4 is 11.2 Å². The molecule has 0 saturated carbocycles. The van der Waals surface area contributed by atoms with E-state index < -0.39 is 36.7 Å². The maximum Gasteiger partial charge on any atom is 0.370 e. The molecule has 0 radical (unpaired) electrons. The molecule has 0 aromatic heterocycles. The van der Waals surface area contributed by atoms with E-state index in [9.17, 15) is 19.8 Å². The highest BCUT2D eigenvalue weighted by Crippen LogP contribution is 2.13. The Morgan fingerprint density at radius 2 is 1.84 bits per heavy atom. The topological polar surface area (TPSA) is 167 Å². The van der Waals surface area contributed by atoms with Crippen molar-refractivity contribution in [1.82, 2.24) is 5.32 Å². The van der Waals surface area contributed by atoms with Crippen molar-refractivity contribution in [3.63, 3.8) is 0 Å². The number of aliphatic carboxylic acids is 1. The maximum absolute atomic E-state index is 12.2. The molecule has 4 atom stereocenters. The zero-order valence-corrected chi connectivity index (χ0v) is 18.7. The minimum absolute atomic E-state index is 0.159. The summed E-state index contributed by atoms with van der Waals surface area (Å²) in [5.74, 6) is 2.95. The van der Waals surface area contributed by atoms with Crippen molar-refractivity contribution >= 4 is 23.8 Å². The quantitative estimate of drug-likeness (QED) is 0.103.